The third-order valence-electron chi connectivity index (χ3n) is 4.65. The molecular formula is C19H21BrN2OSSi. The Morgan fingerprint density at radius 1 is 1.08 bits per heavy atom. The fourth-order valence-electron chi connectivity index (χ4n) is 2.00. The molecular weight excluding hydrogens is 412 g/mol. The molecule has 0 aliphatic heterocycles. The van der Waals surface area contributed by atoms with Crippen molar-refractivity contribution in [2.45, 2.75) is 39.7 Å². The van der Waals surface area contributed by atoms with Crippen molar-refractivity contribution in [2.75, 3.05) is 0 Å². The standard InChI is InChI=1S/C19H21BrN2OSSi/c1-18(2,3)19(4,5)25-23-13-8-6-7-12(11-13)17-21-14-9-10-24-15(14)16(20)22-17/h6-11H,1-5H3. The maximum Gasteiger partial charge on any atom is 0.317 e. The molecule has 0 amide bonds. The summed E-state index contributed by atoms with van der Waals surface area (Å²) in [5, 5.41) is 2.13. The summed E-state index contributed by atoms with van der Waals surface area (Å²) in [7, 11) is 0.381. The van der Waals surface area contributed by atoms with Crippen LogP contribution in [0.2, 0.25) is 5.04 Å². The van der Waals surface area contributed by atoms with Crippen LogP contribution < -0.4 is 4.43 Å². The molecule has 3 nitrogen and oxygen atoms in total. The highest BCUT2D eigenvalue weighted by Gasteiger charge is 2.35. The molecule has 6 heteroatoms. The van der Waals surface area contributed by atoms with E-state index in [1.165, 1.54) is 0 Å². The minimum absolute atomic E-state index is 0.0954. The predicted molar refractivity (Wildman–Crippen MR) is 110 cm³/mol. The molecule has 0 fully saturated rings. The van der Waals surface area contributed by atoms with Crippen LogP contribution in [0, 0.1) is 5.41 Å². The van der Waals surface area contributed by atoms with Gasteiger partial charge in [0.05, 0.1) is 10.2 Å². The lowest BCUT2D eigenvalue weighted by atomic mass is 9.82. The second kappa shape index (κ2) is 6.82. The molecule has 2 aromatic heterocycles. The van der Waals surface area contributed by atoms with Crippen LogP contribution in [0.1, 0.15) is 34.6 Å². The number of nitrogens with zero attached hydrogens (tertiary/aromatic N) is 2. The largest absolute Gasteiger partial charge is 0.540 e. The summed E-state index contributed by atoms with van der Waals surface area (Å²) >= 11 is 5.19. The Morgan fingerprint density at radius 2 is 1.84 bits per heavy atom. The summed E-state index contributed by atoms with van der Waals surface area (Å²) in [5.41, 5.74) is 2.11. The van der Waals surface area contributed by atoms with Gasteiger partial charge in [-0.1, -0.05) is 46.8 Å². The van der Waals surface area contributed by atoms with E-state index in [4.69, 9.17) is 4.43 Å². The van der Waals surface area contributed by atoms with Crippen LogP contribution in [-0.4, -0.2) is 19.7 Å². The maximum absolute atomic E-state index is 6.12. The first kappa shape index (κ1) is 18.5. The third kappa shape index (κ3) is 3.96. The molecule has 2 radical (unpaired) electrons. The second-order valence-corrected chi connectivity index (χ2v) is 10.9. The number of halogens is 1. The van der Waals surface area contributed by atoms with E-state index in [9.17, 15) is 0 Å². The van der Waals surface area contributed by atoms with Gasteiger partial charge < -0.3 is 4.43 Å². The molecule has 0 atom stereocenters. The molecule has 0 spiro atoms. The number of thiophene rings is 1. The van der Waals surface area contributed by atoms with E-state index in [1.54, 1.807) is 11.3 Å². The van der Waals surface area contributed by atoms with Crippen LogP contribution in [0.25, 0.3) is 21.6 Å². The Balaban J connectivity index is 1.86. The van der Waals surface area contributed by atoms with Gasteiger partial charge in [0.1, 0.15) is 10.4 Å². The van der Waals surface area contributed by atoms with Crippen molar-refractivity contribution in [2.24, 2.45) is 5.41 Å². The van der Waals surface area contributed by atoms with Crippen LogP contribution >= 0.6 is 27.3 Å². The van der Waals surface area contributed by atoms with Crippen LogP contribution in [0.4, 0.5) is 0 Å². The molecule has 0 bridgehead atoms. The fraction of sp³-hybridized carbons (Fsp3) is 0.368. The fourth-order valence-corrected chi connectivity index (χ4v) is 4.16. The van der Waals surface area contributed by atoms with E-state index < -0.39 is 0 Å². The molecule has 1 aromatic carbocycles. The van der Waals surface area contributed by atoms with Crippen molar-refractivity contribution in [3.8, 4) is 17.1 Å². The zero-order chi connectivity index (χ0) is 18.2. The highest BCUT2D eigenvalue weighted by Crippen LogP contribution is 2.43. The Labute approximate surface area is 163 Å². The summed E-state index contributed by atoms with van der Waals surface area (Å²) < 4.78 is 8.04. The Morgan fingerprint density at radius 3 is 2.56 bits per heavy atom. The SMILES string of the molecule is CC(C)(C)C(C)(C)[Si]Oc1cccc(-c2nc(Br)c3sccc3n2)c1. The number of aromatic nitrogens is 2. The van der Waals surface area contributed by atoms with E-state index >= 15 is 0 Å². The summed E-state index contributed by atoms with van der Waals surface area (Å²) in [4.78, 5) is 9.27. The van der Waals surface area contributed by atoms with E-state index in [0.29, 0.717) is 15.6 Å². The van der Waals surface area contributed by atoms with Gasteiger partial charge in [0.15, 0.2) is 5.82 Å². The average Bonchev–Trinajstić information content (AvgIpc) is 3.01. The average molecular weight is 433 g/mol. The molecule has 0 unspecified atom stereocenters. The molecule has 0 N–H and O–H groups in total. The van der Waals surface area contributed by atoms with E-state index in [-0.39, 0.29) is 10.5 Å². The highest BCUT2D eigenvalue weighted by molar-refractivity contribution is 9.10. The molecule has 25 heavy (non-hydrogen) atoms. The molecule has 0 aliphatic carbocycles. The first-order valence-corrected chi connectivity index (χ1v) is 10.7. The van der Waals surface area contributed by atoms with Crippen molar-refractivity contribution < 1.29 is 4.43 Å². The Bertz CT molecular complexity index is 902. The van der Waals surface area contributed by atoms with Gasteiger partial charge in [-0.05, 0) is 44.9 Å². The van der Waals surface area contributed by atoms with E-state index in [1.807, 2.05) is 35.7 Å². The normalized spacial score (nSPS) is 12.6. The molecule has 0 saturated heterocycles. The van der Waals surface area contributed by atoms with Crippen molar-refractivity contribution >= 4 is 47.2 Å². The minimum Gasteiger partial charge on any atom is -0.540 e. The van der Waals surface area contributed by atoms with Crippen molar-refractivity contribution in [3.05, 3.63) is 40.3 Å². The first-order valence-electron chi connectivity index (χ1n) is 8.12. The van der Waals surface area contributed by atoms with Gasteiger partial charge >= 0.3 is 9.76 Å². The maximum atomic E-state index is 6.12. The number of hydrogen-bond donors (Lipinski definition) is 0. The van der Waals surface area contributed by atoms with Crippen molar-refractivity contribution in [1.82, 2.24) is 9.97 Å². The summed E-state index contributed by atoms with van der Waals surface area (Å²) in [5.74, 6) is 1.57. The summed E-state index contributed by atoms with van der Waals surface area (Å²) in [6, 6.07) is 10.0. The predicted octanol–water partition coefficient (Wildman–Crippen LogP) is 6.36. The summed E-state index contributed by atoms with van der Waals surface area (Å²) in [6.45, 7) is 11.3. The zero-order valence-corrected chi connectivity index (χ0v) is 18.5. The molecule has 3 rings (SSSR count). The highest BCUT2D eigenvalue weighted by atomic mass is 79.9. The molecule has 0 saturated carbocycles. The molecule has 3 aromatic rings. The lowest BCUT2D eigenvalue weighted by Gasteiger charge is -2.36. The van der Waals surface area contributed by atoms with E-state index in [0.717, 1.165) is 26.1 Å². The Kier molecular flexibility index (Phi) is 5.06. The van der Waals surface area contributed by atoms with Crippen LogP contribution in [0.5, 0.6) is 5.75 Å². The van der Waals surface area contributed by atoms with E-state index in [2.05, 4.69) is 60.5 Å². The second-order valence-electron chi connectivity index (χ2n) is 7.58. The van der Waals surface area contributed by atoms with Crippen LogP contribution in [-0.2, 0) is 0 Å². The zero-order valence-electron chi connectivity index (χ0n) is 15.1. The molecule has 2 heterocycles. The van der Waals surface area contributed by atoms with Crippen LogP contribution in [0.15, 0.2) is 40.3 Å². The van der Waals surface area contributed by atoms with Gasteiger partial charge in [0.2, 0.25) is 0 Å². The lowest BCUT2D eigenvalue weighted by Crippen LogP contribution is -2.31. The quantitative estimate of drug-likeness (QED) is 0.355. The monoisotopic (exact) mass is 432 g/mol. The van der Waals surface area contributed by atoms with Gasteiger partial charge in [0.25, 0.3) is 0 Å². The molecule has 130 valence electrons. The number of hydrogen-bond acceptors (Lipinski definition) is 4. The van der Waals surface area contributed by atoms with Crippen molar-refractivity contribution in [3.63, 3.8) is 0 Å². The number of rotatable bonds is 4. The Hall–Kier alpha value is -1.24. The van der Waals surface area contributed by atoms with Gasteiger partial charge in [-0.15, -0.1) is 11.3 Å². The van der Waals surface area contributed by atoms with Gasteiger partial charge in [0, 0.05) is 10.6 Å². The van der Waals surface area contributed by atoms with Gasteiger partial charge in [-0.2, -0.15) is 0 Å². The summed E-state index contributed by atoms with van der Waals surface area (Å²) in [6.07, 6.45) is 0. The van der Waals surface area contributed by atoms with Gasteiger partial charge in [-0.3, -0.25) is 0 Å². The number of fused-ring (bicyclic) bond motifs is 1. The lowest BCUT2D eigenvalue weighted by molar-refractivity contribution is 0.282. The smallest absolute Gasteiger partial charge is 0.317 e. The van der Waals surface area contributed by atoms with Crippen LogP contribution in [0.3, 0.4) is 0 Å². The topological polar surface area (TPSA) is 35.0 Å². The minimum atomic E-state index is 0.0954. The van der Waals surface area contributed by atoms with Gasteiger partial charge in [-0.25, -0.2) is 9.97 Å². The first-order chi connectivity index (χ1) is 11.7. The van der Waals surface area contributed by atoms with Crippen molar-refractivity contribution in [1.29, 1.82) is 0 Å². The third-order valence-corrected chi connectivity index (χ3v) is 8.00. The number of benzene rings is 1. The molecule has 0 aliphatic rings.